The lowest BCUT2D eigenvalue weighted by molar-refractivity contribution is 0.0956. The minimum absolute atomic E-state index is 0.0874. The third kappa shape index (κ3) is 3.44. The van der Waals surface area contributed by atoms with Crippen LogP contribution in [-0.2, 0) is 11.3 Å². The third-order valence-corrected chi connectivity index (χ3v) is 4.70. The van der Waals surface area contributed by atoms with E-state index in [-0.39, 0.29) is 12.0 Å². The number of aromatic nitrogens is 4. The lowest BCUT2D eigenvalue weighted by atomic mass is 10.0. The molecule has 4 rings (SSSR count). The number of likely N-dealkylation sites (tertiary alicyclic amines) is 1. The van der Waals surface area contributed by atoms with Crippen molar-refractivity contribution in [2.75, 3.05) is 20.2 Å². The maximum Gasteiger partial charge on any atom is 0.226 e. The lowest BCUT2D eigenvalue weighted by Crippen LogP contribution is -2.22. The van der Waals surface area contributed by atoms with Crippen LogP contribution in [0.5, 0.6) is 0 Å². The highest BCUT2D eigenvalue weighted by atomic mass is 35.5. The number of nitrogens with one attached hydrogen (secondary N) is 1. The number of methoxy groups -OCH3 is 1. The molecule has 0 amide bonds. The van der Waals surface area contributed by atoms with Gasteiger partial charge >= 0.3 is 0 Å². The van der Waals surface area contributed by atoms with E-state index in [1.165, 1.54) is 0 Å². The van der Waals surface area contributed by atoms with Crippen molar-refractivity contribution in [3.63, 3.8) is 0 Å². The van der Waals surface area contributed by atoms with Crippen molar-refractivity contribution < 1.29 is 9.15 Å². The van der Waals surface area contributed by atoms with E-state index in [1.54, 1.807) is 19.6 Å². The van der Waals surface area contributed by atoms with E-state index in [0.717, 1.165) is 30.0 Å². The Morgan fingerprint density at radius 2 is 2.32 bits per heavy atom. The first kappa shape index (κ1) is 16.3. The minimum atomic E-state index is 0.0874. The number of nitrogens with zero attached hydrogens (tertiary/aromatic N) is 4. The van der Waals surface area contributed by atoms with Crippen molar-refractivity contribution in [2.45, 2.75) is 18.6 Å². The quantitative estimate of drug-likeness (QED) is 0.754. The maximum atomic E-state index is 6.03. The van der Waals surface area contributed by atoms with Crippen LogP contribution in [0.25, 0.3) is 11.5 Å². The van der Waals surface area contributed by atoms with Crippen LogP contribution in [0, 0.1) is 0 Å². The second kappa shape index (κ2) is 6.95. The molecule has 0 aliphatic carbocycles. The van der Waals surface area contributed by atoms with E-state index >= 15 is 0 Å². The molecule has 7 nitrogen and oxygen atoms in total. The molecule has 8 heteroatoms. The van der Waals surface area contributed by atoms with Gasteiger partial charge in [-0.25, -0.2) is 4.98 Å². The normalized spacial score (nSPS) is 21.0. The zero-order valence-electron chi connectivity index (χ0n) is 13.7. The van der Waals surface area contributed by atoms with Gasteiger partial charge in [0.2, 0.25) is 5.89 Å². The molecule has 0 unspecified atom stereocenters. The van der Waals surface area contributed by atoms with Gasteiger partial charge in [0.1, 0.15) is 6.26 Å². The SMILES string of the molecule is CO[C@@H]1CN(Cc2coc(-c3cccc(Cl)c3)n2)C[C@H]1c1cn[nH]n1. The van der Waals surface area contributed by atoms with Crippen LogP contribution in [-0.4, -0.2) is 51.6 Å². The molecule has 2 atom stereocenters. The molecule has 0 saturated carbocycles. The fourth-order valence-electron chi connectivity index (χ4n) is 3.26. The topological polar surface area (TPSA) is 80.1 Å². The van der Waals surface area contributed by atoms with E-state index in [1.807, 2.05) is 24.3 Å². The molecular weight excluding hydrogens is 342 g/mol. The van der Waals surface area contributed by atoms with E-state index in [0.29, 0.717) is 17.5 Å². The Labute approximate surface area is 150 Å². The summed E-state index contributed by atoms with van der Waals surface area (Å²) in [4.78, 5) is 6.87. The fourth-order valence-corrected chi connectivity index (χ4v) is 3.45. The Bertz CT molecular complexity index is 835. The number of benzene rings is 1. The number of halogens is 1. The number of H-pyrrole nitrogens is 1. The van der Waals surface area contributed by atoms with Crippen molar-refractivity contribution >= 4 is 11.6 Å². The second-order valence-electron chi connectivity index (χ2n) is 6.12. The molecule has 1 saturated heterocycles. The molecule has 0 spiro atoms. The van der Waals surface area contributed by atoms with Gasteiger partial charge in [-0.1, -0.05) is 17.7 Å². The van der Waals surface area contributed by atoms with Gasteiger partial charge < -0.3 is 9.15 Å². The van der Waals surface area contributed by atoms with Gasteiger partial charge in [0.15, 0.2) is 0 Å². The number of ether oxygens (including phenoxy) is 1. The van der Waals surface area contributed by atoms with E-state index in [4.69, 9.17) is 20.8 Å². The monoisotopic (exact) mass is 359 g/mol. The van der Waals surface area contributed by atoms with Crippen LogP contribution in [0.4, 0.5) is 0 Å². The molecule has 1 aliphatic heterocycles. The number of hydrogen-bond acceptors (Lipinski definition) is 6. The summed E-state index contributed by atoms with van der Waals surface area (Å²) in [5.74, 6) is 0.774. The van der Waals surface area contributed by atoms with Crippen LogP contribution < -0.4 is 0 Å². The smallest absolute Gasteiger partial charge is 0.226 e. The van der Waals surface area contributed by atoms with Crippen LogP contribution in [0.2, 0.25) is 5.02 Å². The molecule has 1 aromatic carbocycles. The Morgan fingerprint density at radius 3 is 3.08 bits per heavy atom. The molecular formula is C17H18ClN5O2. The molecule has 3 heterocycles. The van der Waals surface area contributed by atoms with Crippen molar-refractivity contribution in [1.29, 1.82) is 0 Å². The summed E-state index contributed by atoms with van der Waals surface area (Å²) in [6, 6.07) is 7.48. The molecule has 25 heavy (non-hydrogen) atoms. The summed E-state index contributed by atoms with van der Waals surface area (Å²) in [5.41, 5.74) is 2.68. The molecule has 1 fully saturated rings. The summed E-state index contributed by atoms with van der Waals surface area (Å²) in [7, 11) is 1.73. The van der Waals surface area contributed by atoms with Crippen molar-refractivity contribution in [1.82, 2.24) is 25.3 Å². The fraction of sp³-hybridized carbons (Fsp3) is 0.353. The predicted octanol–water partition coefficient (Wildman–Crippen LogP) is 2.73. The van der Waals surface area contributed by atoms with E-state index in [2.05, 4.69) is 25.3 Å². The Balaban J connectivity index is 1.46. The van der Waals surface area contributed by atoms with Crippen LogP contribution in [0.15, 0.2) is 41.1 Å². The number of rotatable bonds is 5. The van der Waals surface area contributed by atoms with Crippen molar-refractivity contribution in [2.24, 2.45) is 0 Å². The first-order valence-corrected chi connectivity index (χ1v) is 8.42. The van der Waals surface area contributed by atoms with Gasteiger partial charge in [-0.3, -0.25) is 4.90 Å². The number of hydrogen-bond donors (Lipinski definition) is 1. The summed E-state index contributed by atoms with van der Waals surface area (Å²) in [6.07, 6.45) is 3.54. The number of aromatic amines is 1. The minimum Gasteiger partial charge on any atom is -0.444 e. The van der Waals surface area contributed by atoms with E-state index in [9.17, 15) is 0 Å². The molecule has 130 valence electrons. The Kier molecular flexibility index (Phi) is 4.52. The summed E-state index contributed by atoms with van der Waals surface area (Å²) >= 11 is 6.03. The van der Waals surface area contributed by atoms with Gasteiger partial charge in [-0.2, -0.15) is 15.4 Å². The maximum absolute atomic E-state index is 6.03. The molecule has 2 aromatic heterocycles. The lowest BCUT2D eigenvalue weighted by Gasteiger charge is -2.13. The Hall–Kier alpha value is -2.22. The van der Waals surface area contributed by atoms with Crippen molar-refractivity contribution in [3.05, 3.63) is 53.1 Å². The highest BCUT2D eigenvalue weighted by Crippen LogP contribution is 2.29. The zero-order chi connectivity index (χ0) is 17.2. The summed E-state index contributed by atoms with van der Waals surface area (Å²) < 4.78 is 11.2. The highest BCUT2D eigenvalue weighted by Gasteiger charge is 2.35. The standard InChI is InChI=1S/C17H18ClN5O2/c1-24-16-9-23(8-14(16)15-6-19-22-21-15)7-13-10-25-17(20-13)11-3-2-4-12(18)5-11/h2-6,10,14,16H,7-9H2,1H3,(H,19,21,22)/t14-,16+/m0/s1. The summed E-state index contributed by atoms with van der Waals surface area (Å²) in [6.45, 7) is 2.34. The van der Waals surface area contributed by atoms with Gasteiger partial charge in [0.25, 0.3) is 0 Å². The van der Waals surface area contributed by atoms with Gasteiger partial charge in [-0.15, -0.1) is 0 Å². The van der Waals surface area contributed by atoms with Gasteiger partial charge in [-0.05, 0) is 18.2 Å². The molecule has 0 radical (unpaired) electrons. The second-order valence-corrected chi connectivity index (χ2v) is 6.56. The third-order valence-electron chi connectivity index (χ3n) is 4.47. The van der Waals surface area contributed by atoms with Crippen LogP contribution >= 0.6 is 11.6 Å². The Morgan fingerprint density at radius 1 is 1.40 bits per heavy atom. The first-order valence-electron chi connectivity index (χ1n) is 8.04. The van der Waals surface area contributed by atoms with Gasteiger partial charge in [0, 0.05) is 43.2 Å². The predicted molar refractivity (Wildman–Crippen MR) is 92.1 cm³/mol. The molecule has 1 N–H and O–H groups in total. The zero-order valence-corrected chi connectivity index (χ0v) is 14.5. The largest absolute Gasteiger partial charge is 0.444 e. The molecule has 1 aliphatic rings. The highest BCUT2D eigenvalue weighted by molar-refractivity contribution is 6.30. The average Bonchev–Trinajstić information content (AvgIpc) is 3.35. The van der Waals surface area contributed by atoms with Crippen molar-refractivity contribution in [3.8, 4) is 11.5 Å². The van der Waals surface area contributed by atoms with Crippen LogP contribution in [0.3, 0.4) is 0 Å². The number of oxazole rings is 1. The molecule has 0 bridgehead atoms. The molecule has 3 aromatic rings. The average molecular weight is 360 g/mol. The van der Waals surface area contributed by atoms with Crippen LogP contribution in [0.1, 0.15) is 17.3 Å². The van der Waals surface area contributed by atoms with Gasteiger partial charge in [0.05, 0.1) is 23.7 Å². The van der Waals surface area contributed by atoms with E-state index < -0.39 is 0 Å². The first-order chi connectivity index (χ1) is 12.2. The summed E-state index contributed by atoms with van der Waals surface area (Å²) in [5, 5.41) is 11.4.